The highest BCUT2D eigenvalue weighted by Crippen LogP contribution is 2.31. The maximum Gasteiger partial charge on any atom is 0.161 e. The van der Waals surface area contributed by atoms with Crippen LogP contribution in [0.25, 0.3) is 6.08 Å². The van der Waals surface area contributed by atoms with Crippen molar-refractivity contribution in [3.8, 4) is 11.5 Å². The van der Waals surface area contributed by atoms with E-state index < -0.39 is 0 Å². The van der Waals surface area contributed by atoms with Crippen molar-refractivity contribution in [3.05, 3.63) is 29.8 Å². The van der Waals surface area contributed by atoms with Gasteiger partial charge in [0.25, 0.3) is 0 Å². The summed E-state index contributed by atoms with van der Waals surface area (Å²) in [6.07, 6.45) is 4.82. The van der Waals surface area contributed by atoms with E-state index in [2.05, 4.69) is 4.84 Å². The van der Waals surface area contributed by atoms with Crippen molar-refractivity contribution in [3.63, 3.8) is 0 Å². The van der Waals surface area contributed by atoms with Crippen LogP contribution in [0, 0.1) is 0 Å². The first-order valence-corrected chi connectivity index (χ1v) is 5.28. The van der Waals surface area contributed by atoms with Crippen LogP contribution >= 0.6 is 0 Å². The van der Waals surface area contributed by atoms with E-state index >= 15 is 0 Å². The van der Waals surface area contributed by atoms with E-state index in [1.807, 2.05) is 30.4 Å². The van der Waals surface area contributed by atoms with Gasteiger partial charge < -0.3 is 14.3 Å². The molecule has 0 fully saturated rings. The molecule has 4 nitrogen and oxygen atoms in total. The minimum Gasteiger partial charge on any atom is -0.486 e. The number of hydrogen-bond acceptors (Lipinski definition) is 4. The molecule has 0 spiro atoms. The molecule has 0 saturated carbocycles. The SMILES string of the molecule is NOCC/C=C/c1ccc2c(c1)OCCO2. The van der Waals surface area contributed by atoms with Gasteiger partial charge in [0.05, 0.1) is 6.61 Å². The lowest BCUT2D eigenvalue weighted by Crippen LogP contribution is -2.15. The number of hydrogen-bond donors (Lipinski definition) is 1. The lowest BCUT2D eigenvalue weighted by molar-refractivity contribution is 0.143. The second kappa shape index (κ2) is 5.53. The molecule has 0 amide bonds. The molecule has 0 radical (unpaired) electrons. The molecule has 16 heavy (non-hydrogen) atoms. The van der Waals surface area contributed by atoms with Crippen molar-refractivity contribution in [1.29, 1.82) is 0 Å². The first kappa shape index (κ1) is 11.0. The van der Waals surface area contributed by atoms with Crippen LogP contribution in [0.15, 0.2) is 24.3 Å². The van der Waals surface area contributed by atoms with Crippen LogP contribution in [-0.4, -0.2) is 19.8 Å². The van der Waals surface area contributed by atoms with Gasteiger partial charge in [-0.25, -0.2) is 5.90 Å². The van der Waals surface area contributed by atoms with Gasteiger partial charge in [-0.2, -0.15) is 0 Å². The number of rotatable bonds is 4. The van der Waals surface area contributed by atoms with Gasteiger partial charge >= 0.3 is 0 Å². The Labute approximate surface area is 94.6 Å². The van der Waals surface area contributed by atoms with E-state index in [-0.39, 0.29) is 0 Å². The third kappa shape index (κ3) is 2.74. The molecule has 1 aromatic rings. The highest BCUT2D eigenvalue weighted by molar-refractivity contribution is 5.56. The molecule has 0 aliphatic carbocycles. The van der Waals surface area contributed by atoms with Crippen molar-refractivity contribution in [2.24, 2.45) is 5.90 Å². The van der Waals surface area contributed by atoms with Gasteiger partial charge in [0.2, 0.25) is 0 Å². The van der Waals surface area contributed by atoms with Gasteiger partial charge in [0.1, 0.15) is 13.2 Å². The Kier molecular flexibility index (Phi) is 3.80. The van der Waals surface area contributed by atoms with Crippen LogP contribution in [0.3, 0.4) is 0 Å². The molecule has 2 rings (SSSR count). The first-order valence-electron chi connectivity index (χ1n) is 5.28. The minimum absolute atomic E-state index is 0.529. The molecule has 1 aromatic carbocycles. The van der Waals surface area contributed by atoms with Gasteiger partial charge in [-0.05, 0) is 24.1 Å². The second-order valence-electron chi connectivity index (χ2n) is 3.46. The molecule has 0 saturated heterocycles. The van der Waals surface area contributed by atoms with Crippen LogP contribution < -0.4 is 15.4 Å². The van der Waals surface area contributed by atoms with Crippen LogP contribution in [-0.2, 0) is 4.84 Å². The summed E-state index contributed by atoms with van der Waals surface area (Å²) in [7, 11) is 0. The van der Waals surface area contributed by atoms with Gasteiger partial charge in [0.15, 0.2) is 11.5 Å². The zero-order valence-corrected chi connectivity index (χ0v) is 9.02. The Hall–Kier alpha value is -1.52. The largest absolute Gasteiger partial charge is 0.486 e. The summed E-state index contributed by atoms with van der Waals surface area (Å²) in [6, 6.07) is 5.88. The van der Waals surface area contributed by atoms with Gasteiger partial charge in [-0.1, -0.05) is 18.2 Å². The molecule has 0 bridgehead atoms. The fraction of sp³-hybridized carbons (Fsp3) is 0.333. The summed E-state index contributed by atoms with van der Waals surface area (Å²) in [5, 5.41) is 0. The zero-order chi connectivity index (χ0) is 11.2. The molecule has 1 heterocycles. The van der Waals surface area contributed by atoms with Gasteiger partial charge in [0, 0.05) is 0 Å². The molecule has 2 N–H and O–H groups in total. The normalized spacial score (nSPS) is 14.3. The highest BCUT2D eigenvalue weighted by atomic mass is 16.6. The van der Waals surface area contributed by atoms with Crippen LogP contribution in [0.1, 0.15) is 12.0 Å². The number of fused-ring (bicyclic) bond motifs is 1. The molecule has 0 unspecified atom stereocenters. The van der Waals surface area contributed by atoms with Crippen LogP contribution in [0.5, 0.6) is 11.5 Å². The summed E-state index contributed by atoms with van der Waals surface area (Å²) < 4.78 is 10.9. The maximum atomic E-state index is 5.49. The van der Waals surface area contributed by atoms with Crippen molar-refractivity contribution >= 4 is 6.08 Å². The highest BCUT2D eigenvalue weighted by Gasteiger charge is 2.10. The number of benzene rings is 1. The quantitative estimate of drug-likeness (QED) is 0.621. The lowest BCUT2D eigenvalue weighted by atomic mass is 10.1. The van der Waals surface area contributed by atoms with E-state index in [0.29, 0.717) is 19.8 Å². The Bertz CT molecular complexity index is 377. The predicted octanol–water partition coefficient (Wildman–Crippen LogP) is 1.75. The Morgan fingerprint density at radius 1 is 1.25 bits per heavy atom. The molecule has 1 aliphatic rings. The average Bonchev–Trinajstić information content (AvgIpc) is 2.34. The Balaban J connectivity index is 2.02. The third-order valence-electron chi connectivity index (χ3n) is 2.28. The molecular formula is C12H15NO3. The van der Waals surface area contributed by atoms with E-state index in [1.54, 1.807) is 0 Å². The van der Waals surface area contributed by atoms with Crippen molar-refractivity contribution in [1.82, 2.24) is 0 Å². The molecule has 1 aliphatic heterocycles. The fourth-order valence-corrected chi connectivity index (χ4v) is 1.52. The predicted molar refractivity (Wildman–Crippen MR) is 61.2 cm³/mol. The smallest absolute Gasteiger partial charge is 0.161 e. The maximum absolute atomic E-state index is 5.49. The summed E-state index contributed by atoms with van der Waals surface area (Å²) in [4.78, 5) is 4.47. The Morgan fingerprint density at radius 3 is 2.88 bits per heavy atom. The summed E-state index contributed by atoms with van der Waals surface area (Å²) in [5.41, 5.74) is 1.08. The fourth-order valence-electron chi connectivity index (χ4n) is 1.52. The molecular weight excluding hydrogens is 206 g/mol. The lowest BCUT2D eigenvalue weighted by Gasteiger charge is -2.18. The standard InChI is InChI=1S/C12H15NO3/c13-16-6-2-1-3-10-4-5-11-12(9-10)15-8-7-14-11/h1,3-5,9H,2,6-8,13H2/b3-1+. The van der Waals surface area contributed by atoms with Crippen molar-refractivity contribution in [2.75, 3.05) is 19.8 Å². The topological polar surface area (TPSA) is 53.7 Å². The molecule has 0 aromatic heterocycles. The molecule has 0 atom stereocenters. The van der Waals surface area contributed by atoms with E-state index in [4.69, 9.17) is 15.4 Å². The summed E-state index contributed by atoms with van der Waals surface area (Å²) in [6.45, 7) is 1.76. The van der Waals surface area contributed by atoms with Gasteiger partial charge in [-0.3, -0.25) is 0 Å². The monoisotopic (exact) mass is 221 g/mol. The molecule has 86 valence electrons. The average molecular weight is 221 g/mol. The Morgan fingerprint density at radius 2 is 2.06 bits per heavy atom. The second-order valence-corrected chi connectivity index (χ2v) is 3.46. The first-order chi connectivity index (χ1) is 7.90. The summed E-state index contributed by atoms with van der Waals surface area (Å²) in [5.74, 6) is 6.55. The van der Waals surface area contributed by atoms with Crippen LogP contribution in [0.4, 0.5) is 0 Å². The number of ether oxygens (including phenoxy) is 2. The van der Waals surface area contributed by atoms with Gasteiger partial charge in [-0.15, -0.1) is 0 Å². The van der Waals surface area contributed by atoms with E-state index in [0.717, 1.165) is 23.5 Å². The van der Waals surface area contributed by atoms with Crippen LogP contribution in [0.2, 0.25) is 0 Å². The molecule has 4 heteroatoms. The third-order valence-corrected chi connectivity index (χ3v) is 2.28. The van der Waals surface area contributed by atoms with E-state index in [1.165, 1.54) is 0 Å². The zero-order valence-electron chi connectivity index (χ0n) is 9.02. The van der Waals surface area contributed by atoms with Crippen molar-refractivity contribution in [2.45, 2.75) is 6.42 Å². The number of nitrogens with two attached hydrogens (primary N) is 1. The summed E-state index contributed by atoms with van der Waals surface area (Å²) >= 11 is 0. The van der Waals surface area contributed by atoms with E-state index in [9.17, 15) is 0 Å². The minimum atomic E-state index is 0.529. The van der Waals surface area contributed by atoms with Crippen molar-refractivity contribution < 1.29 is 14.3 Å².